The smallest absolute Gasteiger partial charge is 0.233 e. The Bertz CT molecular complexity index is 432. The summed E-state index contributed by atoms with van der Waals surface area (Å²) in [4.78, 5) is 12.0. The molecule has 104 valence electrons. The van der Waals surface area contributed by atoms with Crippen molar-refractivity contribution in [3.8, 4) is 0 Å². The van der Waals surface area contributed by atoms with E-state index in [0.717, 1.165) is 12.8 Å². The molecule has 1 aliphatic carbocycles. The van der Waals surface area contributed by atoms with E-state index < -0.39 is 0 Å². The SMILES string of the molecule is CC(SCc1ccccc1F)C(=O)NC1CCCC1. The molecule has 19 heavy (non-hydrogen) atoms. The van der Waals surface area contributed by atoms with Crippen LogP contribution in [-0.2, 0) is 10.5 Å². The van der Waals surface area contributed by atoms with Gasteiger partial charge in [0.05, 0.1) is 5.25 Å². The Hall–Kier alpha value is -1.03. The Kier molecular flexibility index (Phi) is 5.25. The third-order valence-corrected chi connectivity index (χ3v) is 4.71. The molecule has 1 unspecified atom stereocenters. The van der Waals surface area contributed by atoms with Crippen LogP contribution < -0.4 is 5.32 Å². The zero-order chi connectivity index (χ0) is 13.7. The molecule has 0 bridgehead atoms. The third kappa shape index (κ3) is 4.23. The Balaban J connectivity index is 1.78. The van der Waals surface area contributed by atoms with Crippen LogP contribution in [0.3, 0.4) is 0 Å². The molecule has 0 aromatic heterocycles. The molecule has 2 nitrogen and oxygen atoms in total. The summed E-state index contributed by atoms with van der Waals surface area (Å²) >= 11 is 1.48. The molecule has 2 rings (SSSR count). The van der Waals surface area contributed by atoms with Crippen molar-refractivity contribution in [2.24, 2.45) is 0 Å². The van der Waals surface area contributed by atoms with E-state index in [9.17, 15) is 9.18 Å². The van der Waals surface area contributed by atoms with Gasteiger partial charge in [0.15, 0.2) is 0 Å². The predicted octanol–water partition coefficient (Wildman–Crippen LogP) is 3.51. The number of nitrogens with one attached hydrogen (secondary N) is 1. The van der Waals surface area contributed by atoms with Gasteiger partial charge in [0.2, 0.25) is 5.91 Å². The summed E-state index contributed by atoms with van der Waals surface area (Å²) in [5.41, 5.74) is 0.660. The molecule has 0 spiro atoms. The first kappa shape index (κ1) is 14.4. The molecule has 1 atom stereocenters. The molecule has 1 aromatic carbocycles. The van der Waals surface area contributed by atoms with Crippen molar-refractivity contribution in [3.63, 3.8) is 0 Å². The van der Waals surface area contributed by atoms with Gasteiger partial charge in [-0.3, -0.25) is 4.79 Å². The first-order valence-electron chi connectivity index (χ1n) is 6.82. The fourth-order valence-electron chi connectivity index (χ4n) is 2.29. The van der Waals surface area contributed by atoms with Crippen molar-refractivity contribution in [1.29, 1.82) is 0 Å². The van der Waals surface area contributed by atoms with E-state index in [0.29, 0.717) is 17.4 Å². The zero-order valence-electron chi connectivity index (χ0n) is 11.2. The summed E-state index contributed by atoms with van der Waals surface area (Å²) in [5, 5.41) is 2.94. The minimum Gasteiger partial charge on any atom is -0.352 e. The molecular formula is C15H20FNOS. The van der Waals surface area contributed by atoms with E-state index in [4.69, 9.17) is 0 Å². The summed E-state index contributed by atoms with van der Waals surface area (Å²) in [6.45, 7) is 1.88. The number of carbonyl (C=O) groups is 1. The summed E-state index contributed by atoms with van der Waals surface area (Å²) in [6.07, 6.45) is 4.61. The highest BCUT2D eigenvalue weighted by Crippen LogP contribution is 2.22. The maximum atomic E-state index is 13.5. The maximum Gasteiger partial charge on any atom is 0.233 e. The van der Waals surface area contributed by atoms with Crippen molar-refractivity contribution < 1.29 is 9.18 Å². The molecule has 0 radical (unpaired) electrons. The molecule has 1 N–H and O–H groups in total. The van der Waals surface area contributed by atoms with E-state index in [-0.39, 0.29) is 17.0 Å². The van der Waals surface area contributed by atoms with Crippen LogP contribution in [-0.4, -0.2) is 17.2 Å². The van der Waals surface area contributed by atoms with Crippen molar-refractivity contribution in [3.05, 3.63) is 35.6 Å². The quantitative estimate of drug-likeness (QED) is 0.895. The number of thioether (sulfide) groups is 1. The fourth-order valence-corrected chi connectivity index (χ4v) is 3.18. The standard InChI is InChI=1S/C15H20FNOS/c1-11(15(18)17-13-7-3-4-8-13)19-10-12-6-2-5-9-14(12)16/h2,5-6,9,11,13H,3-4,7-8,10H2,1H3,(H,17,18). The normalized spacial score (nSPS) is 17.4. The summed E-state index contributed by atoms with van der Waals surface area (Å²) in [5.74, 6) is 0.415. The van der Waals surface area contributed by atoms with Crippen LogP contribution in [0.5, 0.6) is 0 Å². The second-order valence-electron chi connectivity index (χ2n) is 5.03. The average molecular weight is 281 g/mol. The predicted molar refractivity (Wildman–Crippen MR) is 77.6 cm³/mol. The number of amides is 1. The van der Waals surface area contributed by atoms with Crippen molar-refractivity contribution in [2.75, 3.05) is 0 Å². The molecule has 1 fully saturated rings. The van der Waals surface area contributed by atoms with E-state index in [1.807, 2.05) is 13.0 Å². The molecule has 0 saturated heterocycles. The van der Waals surface area contributed by atoms with Gasteiger partial charge in [0.25, 0.3) is 0 Å². The van der Waals surface area contributed by atoms with E-state index in [2.05, 4.69) is 5.32 Å². The summed E-state index contributed by atoms with van der Waals surface area (Å²) < 4.78 is 13.5. The van der Waals surface area contributed by atoms with E-state index in [1.54, 1.807) is 12.1 Å². The summed E-state index contributed by atoms with van der Waals surface area (Å²) in [7, 11) is 0. The first-order valence-corrected chi connectivity index (χ1v) is 7.87. The molecule has 1 aliphatic rings. The second kappa shape index (κ2) is 6.94. The van der Waals surface area contributed by atoms with Crippen LogP contribution in [0.15, 0.2) is 24.3 Å². The van der Waals surface area contributed by atoms with Gasteiger partial charge in [-0.05, 0) is 31.4 Å². The Morgan fingerprint density at radius 1 is 1.42 bits per heavy atom. The minimum absolute atomic E-state index is 0.0771. The molecule has 4 heteroatoms. The molecule has 1 amide bonds. The Morgan fingerprint density at radius 3 is 2.79 bits per heavy atom. The third-order valence-electron chi connectivity index (χ3n) is 3.52. The number of hydrogen-bond acceptors (Lipinski definition) is 2. The number of hydrogen-bond donors (Lipinski definition) is 1. The van der Waals surface area contributed by atoms with Gasteiger partial charge in [-0.2, -0.15) is 0 Å². The van der Waals surface area contributed by atoms with Gasteiger partial charge < -0.3 is 5.32 Å². The molecule has 1 aromatic rings. The van der Waals surface area contributed by atoms with Crippen LogP contribution in [0.1, 0.15) is 38.2 Å². The lowest BCUT2D eigenvalue weighted by Gasteiger charge is -2.16. The van der Waals surface area contributed by atoms with Crippen LogP contribution in [0, 0.1) is 5.82 Å². The van der Waals surface area contributed by atoms with Crippen molar-refractivity contribution in [1.82, 2.24) is 5.32 Å². The van der Waals surface area contributed by atoms with Crippen molar-refractivity contribution >= 4 is 17.7 Å². The summed E-state index contributed by atoms with van der Waals surface area (Å²) in [6, 6.07) is 7.08. The molecule has 0 aliphatic heterocycles. The van der Waals surface area contributed by atoms with Gasteiger partial charge in [0.1, 0.15) is 5.82 Å². The Labute approximate surface area is 118 Å². The van der Waals surface area contributed by atoms with Crippen molar-refractivity contribution in [2.45, 2.75) is 49.7 Å². The van der Waals surface area contributed by atoms with Gasteiger partial charge in [0, 0.05) is 11.8 Å². The number of carbonyl (C=O) groups excluding carboxylic acids is 1. The van der Waals surface area contributed by atoms with Crippen LogP contribution >= 0.6 is 11.8 Å². The second-order valence-corrected chi connectivity index (χ2v) is 6.36. The highest BCUT2D eigenvalue weighted by atomic mass is 32.2. The Morgan fingerprint density at radius 2 is 2.11 bits per heavy atom. The van der Waals surface area contributed by atoms with Crippen LogP contribution in [0.4, 0.5) is 4.39 Å². The van der Waals surface area contributed by atoms with Gasteiger partial charge >= 0.3 is 0 Å². The number of rotatable bonds is 5. The van der Waals surface area contributed by atoms with Crippen LogP contribution in [0.2, 0.25) is 0 Å². The lowest BCUT2D eigenvalue weighted by Crippen LogP contribution is -2.37. The fraction of sp³-hybridized carbons (Fsp3) is 0.533. The van der Waals surface area contributed by atoms with Gasteiger partial charge in [-0.1, -0.05) is 31.0 Å². The average Bonchev–Trinajstić information content (AvgIpc) is 2.90. The van der Waals surface area contributed by atoms with E-state index >= 15 is 0 Å². The molecular weight excluding hydrogens is 261 g/mol. The van der Waals surface area contributed by atoms with Gasteiger partial charge in [-0.15, -0.1) is 11.8 Å². The van der Waals surface area contributed by atoms with Gasteiger partial charge in [-0.25, -0.2) is 4.39 Å². The van der Waals surface area contributed by atoms with E-state index in [1.165, 1.54) is 30.7 Å². The highest BCUT2D eigenvalue weighted by Gasteiger charge is 2.20. The lowest BCUT2D eigenvalue weighted by atomic mass is 10.2. The number of halogens is 1. The first-order chi connectivity index (χ1) is 9.16. The lowest BCUT2D eigenvalue weighted by molar-refractivity contribution is -0.120. The zero-order valence-corrected chi connectivity index (χ0v) is 12.0. The highest BCUT2D eigenvalue weighted by molar-refractivity contribution is 7.99. The molecule has 1 saturated carbocycles. The number of benzene rings is 1. The topological polar surface area (TPSA) is 29.1 Å². The monoisotopic (exact) mass is 281 g/mol. The molecule has 0 heterocycles. The van der Waals surface area contributed by atoms with Crippen LogP contribution in [0.25, 0.3) is 0 Å². The minimum atomic E-state index is -0.196. The largest absolute Gasteiger partial charge is 0.352 e. The maximum absolute atomic E-state index is 13.5.